The molecule has 2 amide bonds. The number of aromatic nitrogens is 1. The molecule has 33 heavy (non-hydrogen) atoms. The van der Waals surface area contributed by atoms with E-state index in [-0.39, 0.29) is 12.5 Å². The Hall–Kier alpha value is -4.20. The van der Waals surface area contributed by atoms with Crippen molar-refractivity contribution >= 4 is 23.7 Å². The molecule has 1 aliphatic carbocycles. The fourth-order valence-corrected chi connectivity index (χ4v) is 3.94. The minimum Gasteiger partial charge on any atom is -0.481 e. The number of aliphatic carboxylic acids is 1. The van der Waals surface area contributed by atoms with Crippen LogP contribution < -0.4 is 10.6 Å². The molecule has 0 aliphatic heterocycles. The van der Waals surface area contributed by atoms with E-state index in [2.05, 4.69) is 15.6 Å². The van der Waals surface area contributed by atoms with Crippen LogP contribution in [0.15, 0.2) is 66.9 Å². The van der Waals surface area contributed by atoms with Crippen LogP contribution in [0.2, 0.25) is 0 Å². The number of nitrogens with one attached hydrogen (secondary N) is 2. The largest absolute Gasteiger partial charge is 0.481 e. The molecule has 0 spiro atoms. The summed E-state index contributed by atoms with van der Waals surface area (Å²) in [5.74, 6) is -2.04. The fraction of sp³-hybridized carbons (Fsp3) is 0.200. The van der Waals surface area contributed by atoms with Crippen LogP contribution in [0.4, 0.5) is 10.5 Å². The fourth-order valence-electron chi connectivity index (χ4n) is 3.94. The van der Waals surface area contributed by atoms with Crippen molar-refractivity contribution in [2.45, 2.75) is 25.3 Å². The topological polar surface area (TPSA) is 118 Å². The van der Waals surface area contributed by atoms with Crippen molar-refractivity contribution in [2.24, 2.45) is 0 Å². The van der Waals surface area contributed by atoms with E-state index in [0.717, 1.165) is 27.9 Å². The molecule has 0 saturated carbocycles. The van der Waals surface area contributed by atoms with Gasteiger partial charge in [-0.3, -0.25) is 14.6 Å². The second-order valence-corrected chi connectivity index (χ2v) is 7.80. The van der Waals surface area contributed by atoms with Crippen LogP contribution in [0.25, 0.3) is 11.1 Å². The average Bonchev–Trinajstić information content (AvgIpc) is 3.12. The summed E-state index contributed by atoms with van der Waals surface area (Å²) in [7, 11) is 0. The molecule has 168 valence electrons. The highest BCUT2D eigenvalue weighted by Gasteiger charge is 2.30. The molecule has 3 aromatic rings. The zero-order chi connectivity index (χ0) is 23.4. The molecule has 8 heteroatoms. The van der Waals surface area contributed by atoms with Crippen molar-refractivity contribution in [3.05, 3.63) is 83.7 Å². The quantitative estimate of drug-likeness (QED) is 0.510. The number of benzene rings is 2. The maximum Gasteiger partial charge on any atom is 0.407 e. The molecule has 8 nitrogen and oxygen atoms in total. The minimum atomic E-state index is -1.31. The number of hydrogen-bond acceptors (Lipinski definition) is 5. The molecule has 1 aliphatic rings. The second kappa shape index (κ2) is 9.52. The second-order valence-electron chi connectivity index (χ2n) is 7.80. The van der Waals surface area contributed by atoms with Gasteiger partial charge in [0.1, 0.15) is 12.6 Å². The monoisotopic (exact) mass is 445 g/mol. The van der Waals surface area contributed by atoms with Gasteiger partial charge in [-0.25, -0.2) is 4.79 Å². The number of anilines is 1. The summed E-state index contributed by atoms with van der Waals surface area (Å²) < 4.78 is 5.43. The maximum absolute atomic E-state index is 12.6. The number of fused-ring (bicyclic) bond motifs is 3. The average molecular weight is 445 g/mol. The number of rotatable bonds is 7. The predicted molar refractivity (Wildman–Crippen MR) is 122 cm³/mol. The van der Waals surface area contributed by atoms with Crippen molar-refractivity contribution in [3.63, 3.8) is 0 Å². The first kappa shape index (κ1) is 22.0. The van der Waals surface area contributed by atoms with E-state index in [1.807, 2.05) is 48.5 Å². The van der Waals surface area contributed by atoms with Gasteiger partial charge < -0.3 is 20.5 Å². The number of carbonyl (C=O) groups is 3. The van der Waals surface area contributed by atoms with Crippen molar-refractivity contribution in [2.75, 3.05) is 11.9 Å². The number of pyridine rings is 1. The molecule has 1 unspecified atom stereocenters. The lowest BCUT2D eigenvalue weighted by molar-refractivity contribution is -0.139. The van der Waals surface area contributed by atoms with Gasteiger partial charge >= 0.3 is 12.1 Å². The Balaban J connectivity index is 1.42. The van der Waals surface area contributed by atoms with E-state index in [9.17, 15) is 19.5 Å². The first-order valence-electron chi connectivity index (χ1n) is 10.5. The first-order chi connectivity index (χ1) is 15.9. The molecule has 0 fully saturated rings. The molecule has 0 saturated heterocycles. The van der Waals surface area contributed by atoms with Gasteiger partial charge in [-0.1, -0.05) is 48.5 Å². The third-order valence-electron chi connectivity index (χ3n) is 5.51. The molecular weight excluding hydrogens is 422 g/mol. The Kier molecular flexibility index (Phi) is 6.35. The molecular formula is C25H23N3O5. The van der Waals surface area contributed by atoms with Gasteiger partial charge in [-0.05, 0) is 41.3 Å². The van der Waals surface area contributed by atoms with Crippen molar-refractivity contribution in [3.8, 4) is 11.1 Å². The van der Waals surface area contributed by atoms with E-state index in [0.29, 0.717) is 5.69 Å². The number of nitrogens with zero attached hydrogens (tertiary/aromatic N) is 1. The Labute approximate surface area is 190 Å². The molecule has 0 bridgehead atoms. The number of carboxylic acids is 1. The van der Waals surface area contributed by atoms with Crippen molar-refractivity contribution in [1.29, 1.82) is 0 Å². The lowest BCUT2D eigenvalue weighted by atomic mass is 9.98. The van der Waals surface area contributed by atoms with Crippen molar-refractivity contribution < 1.29 is 24.2 Å². The Morgan fingerprint density at radius 2 is 1.64 bits per heavy atom. The molecule has 2 aromatic carbocycles. The summed E-state index contributed by atoms with van der Waals surface area (Å²) in [6.07, 6.45) is 0.00789. The predicted octanol–water partition coefficient (Wildman–Crippen LogP) is 3.71. The van der Waals surface area contributed by atoms with Gasteiger partial charge in [0, 0.05) is 11.6 Å². The van der Waals surface area contributed by atoms with Gasteiger partial charge in [0.25, 0.3) is 0 Å². The first-order valence-corrected chi connectivity index (χ1v) is 10.5. The van der Waals surface area contributed by atoms with Crippen LogP contribution in [0.1, 0.15) is 29.2 Å². The summed E-state index contributed by atoms with van der Waals surface area (Å²) in [6, 6.07) is 17.9. The Morgan fingerprint density at radius 1 is 1.00 bits per heavy atom. The minimum absolute atomic E-state index is 0.0587. The van der Waals surface area contributed by atoms with E-state index < -0.39 is 30.4 Å². The SMILES string of the molecule is Cc1ccc(NC(=O)C(CC(=O)O)NC(=O)OCC2c3ccccc3-c3ccccc32)cn1. The van der Waals surface area contributed by atoms with E-state index >= 15 is 0 Å². The zero-order valence-corrected chi connectivity index (χ0v) is 17.9. The van der Waals surface area contributed by atoms with Crippen LogP contribution in [-0.2, 0) is 14.3 Å². The number of aryl methyl sites for hydroxylation is 1. The molecule has 4 rings (SSSR count). The molecule has 0 radical (unpaired) electrons. The highest BCUT2D eigenvalue weighted by Crippen LogP contribution is 2.44. The number of alkyl carbamates (subject to hydrolysis) is 1. The Bertz CT molecular complexity index is 1150. The number of amides is 2. The van der Waals surface area contributed by atoms with Crippen LogP contribution in [0.5, 0.6) is 0 Å². The number of carbonyl (C=O) groups excluding carboxylic acids is 2. The number of ether oxygens (including phenoxy) is 1. The maximum atomic E-state index is 12.6. The lowest BCUT2D eigenvalue weighted by Crippen LogP contribution is -2.45. The number of carboxylic acid groups (broad SMARTS) is 1. The van der Waals surface area contributed by atoms with E-state index in [1.165, 1.54) is 6.20 Å². The van der Waals surface area contributed by atoms with Crippen LogP contribution in [0.3, 0.4) is 0 Å². The Morgan fingerprint density at radius 3 is 2.21 bits per heavy atom. The smallest absolute Gasteiger partial charge is 0.407 e. The van der Waals surface area contributed by atoms with Gasteiger partial charge in [0.2, 0.25) is 5.91 Å². The summed E-state index contributed by atoms with van der Waals surface area (Å²) in [4.78, 5) is 40.4. The van der Waals surface area contributed by atoms with E-state index in [1.54, 1.807) is 19.1 Å². The molecule has 1 heterocycles. The third-order valence-corrected chi connectivity index (χ3v) is 5.51. The zero-order valence-electron chi connectivity index (χ0n) is 17.9. The lowest BCUT2D eigenvalue weighted by Gasteiger charge is -2.18. The van der Waals surface area contributed by atoms with Gasteiger partial charge in [-0.2, -0.15) is 0 Å². The van der Waals surface area contributed by atoms with E-state index in [4.69, 9.17) is 4.74 Å². The van der Waals surface area contributed by atoms with Gasteiger partial charge in [0.15, 0.2) is 0 Å². The van der Waals surface area contributed by atoms with Crippen LogP contribution in [0, 0.1) is 6.92 Å². The third kappa shape index (κ3) is 5.01. The molecule has 1 aromatic heterocycles. The summed E-state index contributed by atoms with van der Waals surface area (Å²) >= 11 is 0. The van der Waals surface area contributed by atoms with Crippen LogP contribution in [-0.4, -0.2) is 40.7 Å². The standard InChI is InChI=1S/C25H23N3O5/c1-15-10-11-16(13-26-15)27-24(31)22(12-23(29)30)28-25(32)33-14-21-19-8-4-2-6-17(19)18-7-3-5-9-20(18)21/h2-11,13,21-22H,12,14H2,1H3,(H,27,31)(H,28,32)(H,29,30). The van der Waals surface area contributed by atoms with Crippen molar-refractivity contribution in [1.82, 2.24) is 10.3 Å². The highest BCUT2D eigenvalue weighted by atomic mass is 16.5. The highest BCUT2D eigenvalue weighted by molar-refractivity contribution is 5.98. The molecule has 3 N–H and O–H groups in total. The summed E-state index contributed by atoms with van der Waals surface area (Å²) in [5, 5.41) is 14.1. The summed E-state index contributed by atoms with van der Waals surface area (Å²) in [6.45, 7) is 1.86. The normalized spacial score (nSPS) is 12.9. The van der Waals surface area contributed by atoms with Crippen LogP contribution >= 0.6 is 0 Å². The van der Waals surface area contributed by atoms with Gasteiger partial charge in [0.05, 0.1) is 18.3 Å². The molecule has 1 atom stereocenters. The number of hydrogen-bond donors (Lipinski definition) is 3. The summed E-state index contributed by atoms with van der Waals surface area (Å²) in [5.41, 5.74) is 5.47. The van der Waals surface area contributed by atoms with Gasteiger partial charge in [-0.15, -0.1) is 0 Å².